The van der Waals surface area contributed by atoms with Crippen LogP contribution in [0.4, 0.5) is 0 Å². The maximum Gasteiger partial charge on any atom is 0.135 e. The number of hydrogen-bond acceptors (Lipinski definition) is 4. The molecule has 0 fully saturated rings. The van der Waals surface area contributed by atoms with Gasteiger partial charge in [-0.25, -0.2) is 4.99 Å². The molecule has 2 atom stereocenters. The quantitative estimate of drug-likeness (QED) is 0.218. The van der Waals surface area contributed by atoms with Crippen molar-refractivity contribution in [3.63, 3.8) is 0 Å². The Hall–Kier alpha value is -5.71. The van der Waals surface area contributed by atoms with E-state index >= 15 is 0 Å². The summed E-state index contributed by atoms with van der Waals surface area (Å²) >= 11 is 0. The first kappa shape index (κ1) is 25.8. The Morgan fingerprint density at radius 3 is 2.04 bits per heavy atom. The van der Waals surface area contributed by atoms with Gasteiger partial charge in [0, 0.05) is 21.9 Å². The lowest BCUT2D eigenvalue weighted by Gasteiger charge is -2.32. The zero-order valence-corrected chi connectivity index (χ0v) is 24.4. The Morgan fingerprint density at radius 2 is 1.18 bits per heavy atom. The van der Waals surface area contributed by atoms with Crippen molar-refractivity contribution in [3.05, 3.63) is 168 Å². The van der Waals surface area contributed by atoms with E-state index in [1.54, 1.807) is 0 Å². The summed E-state index contributed by atoms with van der Waals surface area (Å²) in [6.07, 6.45) is -0.428. The average Bonchev–Trinajstić information content (AvgIpc) is 3.50. The lowest BCUT2D eigenvalue weighted by atomic mass is 9.97. The van der Waals surface area contributed by atoms with Crippen LogP contribution in [0.2, 0.25) is 0 Å². The summed E-state index contributed by atoms with van der Waals surface area (Å²) in [6, 6.07) is 53.5. The average molecular weight is 580 g/mol. The molecule has 45 heavy (non-hydrogen) atoms. The molecular formula is C41H29N3O. The smallest absolute Gasteiger partial charge is 0.135 e. The van der Waals surface area contributed by atoms with E-state index in [0.29, 0.717) is 0 Å². The molecule has 0 saturated carbocycles. The summed E-state index contributed by atoms with van der Waals surface area (Å²) < 4.78 is 6.23. The van der Waals surface area contributed by atoms with E-state index in [1.165, 1.54) is 32.7 Å². The van der Waals surface area contributed by atoms with Gasteiger partial charge in [-0.05, 0) is 68.6 Å². The first-order valence-electron chi connectivity index (χ1n) is 15.4. The second kappa shape index (κ2) is 10.5. The fourth-order valence-corrected chi connectivity index (χ4v) is 6.66. The van der Waals surface area contributed by atoms with Crippen molar-refractivity contribution in [2.45, 2.75) is 12.3 Å². The number of hydrogen-bond donors (Lipinski definition) is 2. The van der Waals surface area contributed by atoms with E-state index in [2.05, 4.69) is 138 Å². The zero-order chi connectivity index (χ0) is 29.7. The second-order valence-corrected chi connectivity index (χ2v) is 11.7. The highest BCUT2D eigenvalue weighted by atomic mass is 16.3. The molecule has 0 spiro atoms. The predicted octanol–water partition coefficient (Wildman–Crippen LogP) is 9.90. The summed E-state index contributed by atoms with van der Waals surface area (Å²) in [6.45, 7) is 0. The minimum absolute atomic E-state index is 0.182. The van der Waals surface area contributed by atoms with Crippen molar-refractivity contribution in [2.75, 3.05) is 0 Å². The largest absolute Gasteiger partial charge is 0.456 e. The van der Waals surface area contributed by atoms with Gasteiger partial charge in [0.05, 0.1) is 0 Å². The maximum atomic E-state index is 6.23. The van der Waals surface area contributed by atoms with Crippen molar-refractivity contribution < 1.29 is 4.42 Å². The fourth-order valence-electron chi connectivity index (χ4n) is 6.66. The topological polar surface area (TPSA) is 49.6 Å². The molecular weight excluding hydrogens is 550 g/mol. The molecule has 0 bridgehead atoms. The van der Waals surface area contributed by atoms with Crippen LogP contribution < -0.4 is 10.6 Å². The number of nitrogens with one attached hydrogen (secondary N) is 2. The van der Waals surface area contributed by atoms with E-state index in [4.69, 9.17) is 9.41 Å². The standard InChI is InChI=1S/C41H29N3O/c1-2-10-27(11-3-1)39-42-40(44-41(43-39)35-14-8-16-37-38(35)34-13-6-7-15-36(34)45-37)33-22-21-31-24-30(19-20-32(31)25-33)29-18-17-26-9-4-5-12-28(26)23-29/h1-25,40-41,44H,(H,42,43). The molecule has 4 nitrogen and oxygen atoms in total. The summed E-state index contributed by atoms with van der Waals surface area (Å²) in [4.78, 5) is 5.20. The van der Waals surface area contributed by atoms with E-state index in [0.717, 1.165) is 44.5 Å². The van der Waals surface area contributed by atoms with Crippen LogP contribution in [0.5, 0.6) is 0 Å². The van der Waals surface area contributed by atoms with Crippen LogP contribution in [-0.4, -0.2) is 5.84 Å². The third kappa shape index (κ3) is 4.55. The molecule has 214 valence electrons. The minimum Gasteiger partial charge on any atom is -0.456 e. The summed E-state index contributed by atoms with van der Waals surface area (Å²) in [7, 11) is 0. The van der Waals surface area contributed by atoms with Crippen LogP contribution in [0.1, 0.15) is 29.0 Å². The van der Waals surface area contributed by atoms with Gasteiger partial charge < -0.3 is 9.73 Å². The molecule has 0 amide bonds. The van der Waals surface area contributed by atoms with Crippen LogP contribution in [0.25, 0.3) is 54.6 Å². The molecule has 2 heterocycles. The summed E-state index contributed by atoms with van der Waals surface area (Å²) in [5, 5.41) is 14.6. The van der Waals surface area contributed by atoms with Gasteiger partial charge in [-0.2, -0.15) is 0 Å². The molecule has 4 heteroatoms. The number of rotatable bonds is 4. The van der Waals surface area contributed by atoms with Crippen molar-refractivity contribution >= 4 is 49.3 Å². The SMILES string of the molecule is c1ccc(C2=NC(c3ccc4cc(-c5ccc6ccccc6c5)ccc4c3)NC(c3cccc4oc5ccccc5c34)N2)cc1. The molecule has 1 aliphatic rings. The van der Waals surface area contributed by atoms with Crippen molar-refractivity contribution in [1.82, 2.24) is 10.6 Å². The highest BCUT2D eigenvalue weighted by molar-refractivity contribution is 6.07. The van der Waals surface area contributed by atoms with Gasteiger partial charge >= 0.3 is 0 Å². The summed E-state index contributed by atoms with van der Waals surface area (Å²) in [5.74, 6) is 0.862. The van der Waals surface area contributed by atoms with Gasteiger partial charge in [0.25, 0.3) is 0 Å². The van der Waals surface area contributed by atoms with E-state index < -0.39 is 0 Å². The highest BCUT2D eigenvalue weighted by Crippen LogP contribution is 2.36. The van der Waals surface area contributed by atoms with E-state index in [1.807, 2.05) is 24.3 Å². The number of para-hydroxylation sites is 1. The molecule has 1 aliphatic heterocycles. The highest BCUT2D eigenvalue weighted by Gasteiger charge is 2.28. The van der Waals surface area contributed by atoms with Crippen molar-refractivity contribution in [2.24, 2.45) is 4.99 Å². The number of furan rings is 1. The monoisotopic (exact) mass is 579 g/mol. The number of nitrogens with zero attached hydrogens (tertiary/aromatic N) is 1. The Morgan fingerprint density at radius 1 is 0.511 bits per heavy atom. The number of benzene rings is 7. The molecule has 8 aromatic rings. The lowest BCUT2D eigenvalue weighted by Crippen LogP contribution is -2.45. The number of fused-ring (bicyclic) bond motifs is 5. The van der Waals surface area contributed by atoms with E-state index in [9.17, 15) is 0 Å². The first-order valence-corrected chi connectivity index (χ1v) is 15.4. The molecule has 2 unspecified atom stereocenters. The first-order chi connectivity index (χ1) is 22.3. The van der Waals surface area contributed by atoms with Gasteiger partial charge in [-0.3, -0.25) is 5.32 Å². The Labute approximate surface area is 260 Å². The maximum absolute atomic E-state index is 6.23. The van der Waals surface area contributed by atoms with Crippen molar-refractivity contribution in [3.8, 4) is 11.1 Å². The van der Waals surface area contributed by atoms with Crippen LogP contribution in [-0.2, 0) is 0 Å². The molecule has 0 aliphatic carbocycles. The molecule has 7 aromatic carbocycles. The van der Waals surface area contributed by atoms with Crippen LogP contribution in [0.3, 0.4) is 0 Å². The van der Waals surface area contributed by atoms with Gasteiger partial charge in [0.1, 0.15) is 29.3 Å². The van der Waals surface area contributed by atoms with Crippen LogP contribution >= 0.6 is 0 Å². The Balaban J connectivity index is 1.12. The van der Waals surface area contributed by atoms with Gasteiger partial charge in [0.15, 0.2) is 0 Å². The fraction of sp³-hybridized carbons (Fsp3) is 0.0488. The van der Waals surface area contributed by atoms with Gasteiger partial charge in [-0.1, -0.05) is 121 Å². The molecule has 9 rings (SSSR count). The molecule has 0 saturated heterocycles. The minimum atomic E-state index is -0.246. The second-order valence-electron chi connectivity index (χ2n) is 11.7. The van der Waals surface area contributed by atoms with Crippen LogP contribution in [0.15, 0.2) is 161 Å². The van der Waals surface area contributed by atoms with Gasteiger partial charge in [0.2, 0.25) is 0 Å². The molecule has 2 N–H and O–H groups in total. The number of aliphatic imine (C=N–C) groups is 1. The zero-order valence-electron chi connectivity index (χ0n) is 24.4. The lowest BCUT2D eigenvalue weighted by molar-refractivity contribution is 0.411. The predicted molar refractivity (Wildman–Crippen MR) is 185 cm³/mol. The molecule has 0 radical (unpaired) electrons. The molecule has 1 aromatic heterocycles. The third-order valence-corrected chi connectivity index (χ3v) is 8.92. The van der Waals surface area contributed by atoms with Crippen LogP contribution in [0, 0.1) is 0 Å². The Bertz CT molecular complexity index is 2410. The summed E-state index contributed by atoms with van der Waals surface area (Å²) in [5.41, 5.74) is 7.51. The Kier molecular flexibility index (Phi) is 6.00. The van der Waals surface area contributed by atoms with E-state index in [-0.39, 0.29) is 12.3 Å². The normalized spacial score (nSPS) is 16.7. The third-order valence-electron chi connectivity index (χ3n) is 8.92. The van der Waals surface area contributed by atoms with Crippen molar-refractivity contribution in [1.29, 1.82) is 0 Å². The number of amidine groups is 1. The van der Waals surface area contributed by atoms with Gasteiger partial charge in [-0.15, -0.1) is 0 Å².